The van der Waals surface area contributed by atoms with Gasteiger partial charge >= 0.3 is 6.03 Å². The zero-order valence-corrected chi connectivity index (χ0v) is 6.20. The number of nitrogens with one attached hydrogen (secondary N) is 1. The predicted octanol–water partition coefficient (Wildman–Crippen LogP) is 0.760. The van der Waals surface area contributed by atoms with Crippen molar-refractivity contribution in [2.75, 3.05) is 18.6 Å². The first-order valence-electron chi connectivity index (χ1n) is 2.54. The van der Waals surface area contributed by atoms with Crippen LogP contribution in [0.15, 0.2) is 4.99 Å². The molecule has 0 aromatic rings. The molecule has 3 nitrogen and oxygen atoms in total. The number of aliphatic imine (C=N–C) groups is 1. The van der Waals surface area contributed by atoms with Gasteiger partial charge in [-0.05, 0) is 13.0 Å². The van der Waals surface area contributed by atoms with Crippen molar-refractivity contribution in [2.24, 2.45) is 4.99 Å². The minimum absolute atomic E-state index is 0.343. The van der Waals surface area contributed by atoms with E-state index in [1.165, 1.54) is 0 Å². The van der Waals surface area contributed by atoms with E-state index in [1.54, 1.807) is 11.8 Å². The molecule has 0 heterocycles. The summed E-state index contributed by atoms with van der Waals surface area (Å²) in [6, 6.07) is -0.343. The quantitative estimate of drug-likeness (QED) is 0.471. The third kappa shape index (κ3) is 5.36. The number of carbonyl (C=O) groups is 1. The largest absolute Gasteiger partial charge is 0.340 e. The highest BCUT2D eigenvalue weighted by Crippen LogP contribution is 1.86. The average Bonchev–Trinajstić information content (AvgIpc) is 1.89. The van der Waals surface area contributed by atoms with Gasteiger partial charge in [0.1, 0.15) is 0 Å². The van der Waals surface area contributed by atoms with Crippen molar-refractivity contribution in [1.82, 2.24) is 5.32 Å². The molecule has 0 aliphatic carbocycles. The van der Waals surface area contributed by atoms with Crippen molar-refractivity contribution in [2.45, 2.75) is 0 Å². The Hall–Kier alpha value is -0.510. The summed E-state index contributed by atoms with van der Waals surface area (Å²) in [5.41, 5.74) is 0. The lowest BCUT2D eigenvalue weighted by Crippen LogP contribution is -2.21. The molecule has 0 spiro atoms. The van der Waals surface area contributed by atoms with E-state index in [0.717, 1.165) is 5.75 Å². The van der Waals surface area contributed by atoms with Crippen molar-refractivity contribution >= 4 is 24.5 Å². The lowest BCUT2D eigenvalue weighted by molar-refractivity contribution is 0.250. The summed E-state index contributed by atoms with van der Waals surface area (Å²) < 4.78 is 0. The number of nitrogens with zero attached hydrogens (tertiary/aromatic N) is 1. The van der Waals surface area contributed by atoms with Crippen LogP contribution in [-0.4, -0.2) is 31.3 Å². The molecule has 0 aromatic carbocycles. The number of amides is 2. The van der Waals surface area contributed by atoms with Crippen molar-refractivity contribution in [3.63, 3.8) is 0 Å². The number of thioether (sulfide) groups is 1. The van der Waals surface area contributed by atoms with Crippen LogP contribution in [0, 0.1) is 0 Å². The summed E-state index contributed by atoms with van der Waals surface area (Å²) in [6.45, 7) is 3.74. The van der Waals surface area contributed by atoms with E-state index in [1.807, 2.05) is 6.26 Å². The zero-order valence-electron chi connectivity index (χ0n) is 5.39. The molecule has 0 aromatic heterocycles. The van der Waals surface area contributed by atoms with Crippen LogP contribution in [0.4, 0.5) is 4.79 Å². The fraction of sp³-hybridized carbons (Fsp3) is 0.600. The topological polar surface area (TPSA) is 41.5 Å². The van der Waals surface area contributed by atoms with Crippen LogP contribution in [0.25, 0.3) is 0 Å². The van der Waals surface area contributed by atoms with Crippen molar-refractivity contribution in [3.05, 3.63) is 0 Å². The molecule has 0 rings (SSSR count). The molecule has 52 valence electrons. The van der Waals surface area contributed by atoms with Gasteiger partial charge in [-0.1, -0.05) is 0 Å². The first-order chi connectivity index (χ1) is 4.31. The zero-order chi connectivity index (χ0) is 7.11. The number of rotatable bonds is 3. The average molecular weight is 146 g/mol. The number of hydrogen-bond acceptors (Lipinski definition) is 2. The molecule has 0 unspecified atom stereocenters. The van der Waals surface area contributed by atoms with Crippen LogP contribution in [-0.2, 0) is 0 Å². The van der Waals surface area contributed by atoms with Crippen molar-refractivity contribution in [1.29, 1.82) is 0 Å². The molecule has 2 amide bonds. The summed E-state index contributed by atoms with van der Waals surface area (Å²) in [4.78, 5) is 13.5. The molecule has 0 saturated carbocycles. The normalized spacial score (nSPS) is 8.56. The third-order valence-corrected chi connectivity index (χ3v) is 1.34. The Morgan fingerprint density at radius 3 is 3.00 bits per heavy atom. The van der Waals surface area contributed by atoms with Gasteiger partial charge in [-0.25, -0.2) is 9.79 Å². The Morgan fingerprint density at radius 2 is 2.56 bits per heavy atom. The van der Waals surface area contributed by atoms with Gasteiger partial charge in [0.25, 0.3) is 0 Å². The molecule has 0 radical (unpaired) electrons. The van der Waals surface area contributed by atoms with E-state index in [2.05, 4.69) is 17.0 Å². The second kappa shape index (κ2) is 5.62. The molecule has 0 bridgehead atoms. The minimum atomic E-state index is -0.343. The highest BCUT2D eigenvalue weighted by Gasteiger charge is 1.90. The lowest BCUT2D eigenvalue weighted by atomic mass is 10.7. The molecule has 4 heteroatoms. The summed E-state index contributed by atoms with van der Waals surface area (Å²) in [5.74, 6) is 0.918. The van der Waals surface area contributed by atoms with E-state index in [0.29, 0.717) is 6.54 Å². The van der Waals surface area contributed by atoms with Crippen LogP contribution in [0.1, 0.15) is 0 Å². The van der Waals surface area contributed by atoms with Crippen LogP contribution in [0.2, 0.25) is 0 Å². The fourth-order valence-electron chi connectivity index (χ4n) is 0.316. The highest BCUT2D eigenvalue weighted by atomic mass is 32.2. The molecular formula is C5H10N2OS. The fourth-order valence-corrected chi connectivity index (χ4v) is 0.622. The van der Waals surface area contributed by atoms with E-state index in [-0.39, 0.29) is 6.03 Å². The smallest absolute Gasteiger partial charge is 0.335 e. The van der Waals surface area contributed by atoms with E-state index < -0.39 is 0 Å². The summed E-state index contributed by atoms with van der Waals surface area (Å²) >= 11 is 1.68. The molecule has 1 N–H and O–H groups in total. The Balaban J connectivity index is 3.07. The maximum Gasteiger partial charge on any atom is 0.340 e. The van der Waals surface area contributed by atoms with E-state index >= 15 is 0 Å². The van der Waals surface area contributed by atoms with Gasteiger partial charge in [-0.15, -0.1) is 0 Å². The Bertz CT molecular complexity index is 105. The summed E-state index contributed by atoms with van der Waals surface area (Å²) in [7, 11) is 0. The van der Waals surface area contributed by atoms with E-state index in [9.17, 15) is 4.79 Å². The van der Waals surface area contributed by atoms with Crippen LogP contribution in [0.3, 0.4) is 0 Å². The maximum atomic E-state index is 10.3. The van der Waals surface area contributed by atoms with Crippen LogP contribution in [0.5, 0.6) is 0 Å². The predicted molar refractivity (Wildman–Crippen MR) is 41.3 cm³/mol. The second-order valence-electron chi connectivity index (χ2n) is 1.38. The number of urea groups is 1. The van der Waals surface area contributed by atoms with Gasteiger partial charge in [0.15, 0.2) is 0 Å². The SMILES string of the molecule is C=NC(=O)NCCSC. The van der Waals surface area contributed by atoms with E-state index in [4.69, 9.17) is 0 Å². The number of hydrogen-bond donors (Lipinski definition) is 1. The number of carbonyl (C=O) groups excluding carboxylic acids is 1. The Kier molecular flexibility index (Phi) is 5.30. The van der Waals surface area contributed by atoms with Gasteiger partial charge in [0.05, 0.1) is 0 Å². The molecule has 9 heavy (non-hydrogen) atoms. The summed E-state index contributed by atoms with van der Waals surface area (Å²) in [6.07, 6.45) is 1.98. The molecule has 0 aliphatic rings. The molecule has 0 saturated heterocycles. The Morgan fingerprint density at radius 1 is 1.89 bits per heavy atom. The van der Waals surface area contributed by atoms with Crippen LogP contribution >= 0.6 is 11.8 Å². The molecular weight excluding hydrogens is 136 g/mol. The lowest BCUT2D eigenvalue weighted by Gasteiger charge is -1.96. The van der Waals surface area contributed by atoms with Crippen LogP contribution < -0.4 is 5.32 Å². The van der Waals surface area contributed by atoms with Gasteiger partial charge in [0, 0.05) is 12.3 Å². The first kappa shape index (κ1) is 8.49. The first-order valence-corrected chi connectivity index (χ1v) is 3.94. The highest BCUT2D eigenvalue weighted by molar-refractivity contribution is 7.98. The van der Waals surface area contributed by atoms with Gasteiger partial charge < -0.3 is 5.32 Å². The van der Waals surface area contributed by atoms with Crippen molar-refractivity contribution < 1.29 is 4.79 Å². The summed E-state index contributed by atoms with van der Waals surface area (Å²) in [5, 5.41) is 2.54. The minimum Gasteiger partial charge on any atom is -0.335 e. The van der Waals surface area contributed by atoms with Gasteiger partial charge in [0.2, 0.25) is 0 Å². The monoisotopic (exact) mass is 146 g/mol. The maximum absolute atomic E-state index is 10.3. The molecule has 0 aliphatic heterocycles. The molecule has 0 atom stereocenters. The van der Waals surface area contributed by atoms with Crippen molar-refractivity contribution in [3.8, 4) is 0 Å². The third-order valence-electron chi connectivity index (χ3n) is 0.726. The van der Waals surface area contributed by atoms with Gasteiger partial charge in [-0.3, -0.25) is 0 Å². The Labute approximate surface area is 58.9 Å². The second-order valence-corrected chi connectivity index (χ2v) is 2.37. The standard InChI is InChI=1S/C5H10N2OS/c1-6-5(8)7-3-4-9-2/h1,3-4H2,2H3,(H,7,8). The molecule has 0 fully saturated rings. The van der Waals surface area contributed by atoms with Gasteiger partial charge in [-0.2, -0.15) is 11.8 Å².